The maximum Gasteiger partial charge on any atom is 0.331 e. The van der Waals surface area contributed by atoms with Crippen LogP contribution in [-0.2, 0) is 13.6 Å². The summed E-state index contributed by atoms with van der Waals surface area (Å²) in [7, 11) is 3.12. The summed E-state index contributed by atoms with van der Waals surface area (Å²) in [4.78, 5) is 23.8. The molecular formula is C13H15N3O3. The molecule has 6 heteroatoms. The van der Waals surface area contributed by atoms with Crippen molar-refractivity contribution in [1.82, 2.24) is 9.13 Å². The first-order valence-electron chi connectivity index (χ1n) is 5.72. The van der Waals surface area contributed by atoms with Crippen LogP contribution in [0.1, 0.15) is 5.56 Å². The third-order valence-corrected chi connectivity index (χ3v) is 2.83. The lowest BCUT2D eigenvalue weighted by molar-refractivity contribution is 0.414. The van der Waals surface area contributed by atoms with Crippen LogP contribution in [-0.4, -0.2) is 16.2 Å². The first-order valence-corrected chi connectivity index (χ1v) is 5.72. The fraction of sp³-hybridized carbons (Fsp3) is 0.231. The van der Waals surface area contributed by atoms with E-state index in [1.165, 1.54) is 10.8 Å². The molecule has 1 heterocycles. The molecule has 0 saturated carbocycles. The van der Waals surface area contributed by atoms with Gasteiger partial charge >= 0.3 is 5.69 Å². The van der Waals surface area contributed by atoms with Crippen molar-refractivity contribution in [2.75, 3.05) is 12.8 Å². The monoisotopic (exact) mass is 261 g/mol. The molecule has 0 spiro atoms. The van der Waals surface area contributed by atoms with Crippen molar-refractivity contribution >= 4 is 5.69 Å². The fourth-order valence-corrected chi connectivity index (χ4v) is 1.84. The minimum Gasteiger partial charge on any atom is -0.497 e. The number of hydrogen-bond donors (Lipinski definition) is 1. The highest BCUT2D eigenvalue weighted by atomic mass is 16.5. The Balaban J connectivity index is 2.49. The number of aromatic nitrogens is 2. The summed E-state index contributed by atoms with van der Waals surface area (Å²) in [5.74, 6) is 0.672. The molecule has 0 atom stereocenters. The Morgan fingerprint density at radius 1 is 1.32 bits per heavy atom. The van der Waals surface area contributed by atoms with E-state index in [1.54, 1.807) is 32.4 Å². The van der Waals surface area contributed by atoms with Crippen LogP contribution >= 0.6 is 0 Å². The topological polar surface area (TPSA) is 79.2 Å². The number of benzene rings is 1. The van der Waals surface area contributed by atoms with Crippen molar-refractivity contribution in [2.24, 2.45) is 7.05 Å². The quantitative estimate of drug-likeness (QED) is 0.855. The van der Waals surface area contributed by atoms with E-state index in [-0.39, 0.29) is 12.2 Å². The summed E-state index contributed by atoms with van der Waals surface area (Å²) < 4.78 is 7.49. The Morgan fingerprint density at radius 3 is 2.74 bits per heavy atom. The number of anilines is 1. The average molecular weight is 261 g/mol. The van der Waals surface area contributed by atoms with Crippen molar-refractivity contribution in [3.8, 4) is 5.75 Å². The van der Waals surface area contributed by atoms with Gasteiger partial charge in [0.2, 0.25) is 0 Å². The highest BCUT2D eigenvalue weighted by molar-refractivity contribution is 5.32. The summed E-state index contributed by atoms with van der Waals surface area (Å²) in [6.45, 7) is 0.160. The van der Waals surface area contributed by atoms with Gasteiger partial charge in [0, 0.05) is 13.2 Å². The standard InChI is InChI=1S/C13H15N3O3/c1-15-8-11(14)12(17)16(13(15)18)7-9-4-3-5-10(6-9)19-2/h3-6,8H,7,14H2,1-2H3. The second-order valence-corrected chi connectivity index (χ2v) is 4.22. The molecule has 2 N–H and O–H groups in total. The van der Waals surface area contributed by atoms with E-state index in [4.69, 9.17) is 10.5 Å². The largest absolute Gasteiger partial charge is 0.497 e. The molecule has 2 rings (SSSR count). The van der Waals surface area contributed by atoms with Crippen LogP contribution in [0.2, 0.25) is 0 Å². The molecule has 19 heavy (non-hydrogen) atoms. The first-order chi connectivity index (χ1) is 9.02. The van der Waals surface area contributed by atoms with Crippen molar-refractivity contribution < 1.29 is 4.74 Å². The third kappa shape index (κ3) is 2.52. The third-order valence-electron chi connectivity index (χ3n) is 2.83. The Bertz CT molecular complexity index is 682. The number of nitrogens with two attached hydrogens (primary N) is 1. The number of aryl methyl sites for hydroxylation is 1. The van der Waals surface area contributed by atoms with Gasteiger partial charge in [-0.15, -0.1) is 0 Å². The van der Waals surface area contributed by atoms with E-state index >= 15 is 0 Å². The molecule has 0 saturated heterocycles. The van der Waals surface area contributed by atoms with Crippen molar-refractivity contribution in [2.45, 2.75) is 6.54 Å². The minimum atomic E-state index is -0.481. The number of nitrogen functional groups attached to an aromatic ring is 1. The highest BCUT2D eigenvalue weighted by Crippen LogP contribution is 2.12. The second-order valence-electron chi connectivity index (χ2n) is 4.22. The molecule has 2 aromatic rings. The summed E-state index contributed by atoms with van der Waals surface area (Å²) in [6, 6.07) is 7.19. The highest BCUT2D eigenvalue weighted by Gasteiger charge is 2.08. The Hall–Kier alpha value is -2.50. The van der Waals surface area contributed by atoms with Gasteiger partial charge in [-0.05, 0) is 17.7 Å². The summed E-state index contributed by atoms with van der Waals surface area (Å²) >= 11 is 0. The van der Waals surface area contributed by atoms with Crippen molar-refractivity contribution in [3.05, 3.63) is 56.9 Å². The van der Waals surface area contributed by atoms with Crippen LogP contribution in [0.5, 0.6) is 5.75 Å². The zero-order chi connectivity index (χ0) is 14.0. The fourth-order valence-electron chi connectivity index (χ4n) is 1.84. The van der Waals surface area contributed by atoms with Crippen LogP contribution in [0.25, 0.3) is 0 Å². The Labute approximate surface area is 109 Å². The molecule has 0 fully saturated rings. The van der Waals surface area contributed by atoms with Crippen LogP contribution in [0.4, 0.5) is 5.69 Å². The summed E-state index contributed by atoms with van der Waals surface area (Å²) in [6.07, 6.45) is 1.33. The van der Waals surface area contributed by atoms with E-state index in [9.17, 15) is 9.59 Å². The molecular weight excluding hydrogens is 246 g/mol. The number of nitrogens with zero attached hydrogens (tertiary/aromatic N) is 2. The van der Waals surface area contributed by atoms with Crippen LogP contribution in [0, 0.1) is 0 Å². The molecule has 0 aliphatic rings. The van der Waals surface area contributed by atoms with Crippen LogP contribution < -0.4 is 21.7 Å². The van der Waals surface area contributed by atoms with Gasteiger partial charge < -0.3 is 15.0 Å². The number of ether oxygens (including phenoxy) is 1. The van der Waals surface area contributed by atoms with Gasteiger partial charge in [0.05, 0.1) is 13.7 Å². The lowest BCUT2D eigenvalue weighted by Gasteiger charge is -2.09. The van der Waals surface area contributed by atoms with Gasteiger partial charge in [-0.2, -0.15) is 0 Å². The van der Waals surface area contributed by atoms with Crippen molar-refractivity contribution in [1.29, 1.82) is 0 Å². The molecule has 0 bridgehead atoms. The maximum atomic E-state index is 11.9. The lowest BCUT2D eigenvalue weighted by atomic mass is 10.2. The summed E-state index contributed by atoms with van der Waals surface area (Å²) in [5, 5.41) is 0. The summed E-state index contributed by atoms with van der Waals surface area (Å²) in [5.41, 5.74) is 5.54. The van der Waals surface area contributed by atoms with E-state index in [0.717, 1.165) is 10.1 Å². The molecule has 0 amide bonds. The van der Waals surface area contributed by atoms with Gasteiger partial charge in [-0.3, -0.25) is 9.36 Å². The predicted molar refractivity (Wildman–Crippen MR) is 72.5 cm³/mol. The van der Waals surface area contributed by atoms with E-state index in [0.29, 0.717) is 5.75 Å². The molecule has 0 aliphatic carbocycles. The van der Waals surface area contributed by atoms with Gasteiger partial charge in [-0.1, -0.05) is 12.1 Å². The van der Waals surface area contributed by atoms with Gasteiger partial charge in [-0.25, -0.2) is 4.79 Å². The normalized spacial score (nSPS) is 10.4. The lowest BCUT2D eigenvalue weighted by Crippen LogP contribution is -2.39. The van der Waals surface area contributed by atoms with Gasteiger partial charge in [0.1, 0.15) is 11.4 Å². The first kappa shape index (κ1) is 12.9. The molecule has 0 aliphatic heterocycles. The zero-order valence-electron chi connectivity index (χ0n) is 10.8. The minimum absolute atomic E-state index is 0.0463. The predicted octanol–water partition coefficient (Wildman–Crippen LogP) is 0.186. The van der Waals surface area contributed by atoms with Gasteiger partial charge in [0.15, 0.2) is 0 Å². The van der Waals surface area contributed by atoms with Crippen molar-refractivity contribution in [3.63, 3.8) is 0 Å². The van der Waals surface area contributed by atoms with Crippen LogP contribution in [0.15, 0.2) is 40.1 Å². The smallest absolute Gasteiger partial charge is 0.331 e. The maximum absolute atomic E-state index is 11.9. The van der Waals surface area contributed by atoms with Gasteiger partial charge in [0.25, 0.3) is 5.56 Å². The molecule has 0 radical (unpaired) electrons. The molecule has 100 valence electrons. The van der Waals surface area contributed by atoms with E-state index in [1.807, 2.05) is 6.07 Å². The van der Waals surface area contributed by atoms with E-state index < -0.39 is 11.2 Å². The Morgan fingerprint density at radius 2 is 2.05 bits per heavy atom. The number of hydrogen-bond acceptors (Lipinski definition) is 4. The molecule has 1 aromatic heterocycles. The molecule has 6 nitrogen and oxygen atoms in total. The number of rotatable bonds is 3. The Kier molecular flexibility index (Phi) is 3.41. The molecule has 0 unspecified atom stereocenters. The second kappa shape index (κ2) is 5.01. The van der Waals surface area contributed by atoms with E-state index in [2.05, 4.69) is 0 Å². The van der Waals surface area contributed by atoms with Crippen LogP contribution in [0.3, 0.4) is 0 Å². The number of methoxy groups -OCH3 is 1. The average Bonchev–Trinajstić information content (AvgIpc) is 2.41. The SMILES string of the molecule is COc1cccc(Cn2c(=O)c(N)cn(C)c2=O)c1. The zero-order valence-corrected chi connectivity index (χ0v) is 10.8. The molecule has 1 aromatic carbocycles.